The van der Waals surface area contributed by atoms with E-state index < -0.39 is 0 Å². The molecule has 1 rings (SSSR count). The molecule has 15 heavy (non-hydrogen) atoms. The van der Waals surface area contributed by atoms with E-state index in [0.717, 1.165) is 16.8 Å². The number of ether oxygens (including phenoxy) is 1. The van der Waals surface area contributed by atoms with Gasteiger partial charge in [-0.25, -0.2) is 4.79 Å². The predicted octanol–water partition coefficient (Wildman–Crippen LogP) is 2.15. The fraction of sp³-hybridized carbons (Fsp3) is 0.250. The van der Waals surface area contributed by atoms with Gasteiger partial charge < -0.3 is 10.5 Å². The molecule has 0 radical (unpaired) electrons. The molecule has 1 aromatic carbocycles. The molecule has 0 saturated heterocycles. The van der Waals surface area contributed by atoms with Gasteiger partial charge >= 0.3 is 5.97 Å². The predicted molar refractivity (Wildman–Crippen MR) is 61.3 cm³/mol. The summed E-state index contributed by atoms with van der Waals surface area (Å²) in [7, 11) is 0. The molecule has 0 saturated carbocycles. The molecule has 0 aromatic heterocycles. The maximum atomic E-state index is 11.1. The molecule has 3 nitrogen and oxygen atoms in total. The van der Waals surface area contributed by atoms with E-state index in [2.05, 4.69) is 0 Å². The Kier molecular flexibility index (Phi) is 3.92. The third-order valence-electron chi connectivity index (χ3n) is 2.10. The topological polar surface area (TPSA) is 52.3 Å². The van der Waals surface area contributed by atoms with Crippen molar-refractivity contribution in [2.75, 3.05) is 12.3 Å². The molecule has 0 fully saturated rings. The van der Waals surface area contributed by atoms with Crippen LogP contribution in [0, 0.1) is 6.92 Å². The van der Waals surface area contributed by atoms with Crippen molar-refractivity contribution in [3.63, 3.8) is 0 Å². The van der Waals surface area contributed by atoms with Crippen LogP contribution >= 0.6 is 0 Å². The maximum Gasteiger partial charge on any atom is 0.330 e. The smallest absolute Gasteiger partial charge is 0.330 e. The van der Waals surface area contributed by atoms with Gasteiger partial charge in [-0.1, -0.05) is 12.1 Å². The standard InChI is InChI=1S/C12H15NO2/c1-3-15-12(14)8-7-10-5-4-6-11(13)9(10)2/h4-8H,3,13H2,1-2H3. The highest BCUT2D eigenvalue weighted by Crippen LogP contribution is 2.16. The van der Waals surface area contributed by atoms with E-state index in [4.69, 9.17) is 10.5 Å². The Morgan fingerprint density at radius 1 is 1.53 bits per heavy atom. The number of nitrogen functional groups attached to an aromatic ring is 1. The number of hydrogen-bond acceptors (Lipinski definition) is 3. The van der Waals surface area contributed by atoms with Gasteiger partial charge in [0.1, 0.15) is 0 Å². The van der Waals surface area contributed by atoms with Crippen LogP contribution in [-0.4, -0.2) is 12.6 Å². The van der Waals surface area contributed by atoms with Gasteiger partial charge in [-0.05, 0) is 37.1 Å². The van der Waals surface area contributed by atoms with Crippen LogP contribution in [0.5, 0.6) is 0 Å². The van der Waals surface area contributed by atoms with E-state index >= 15 is 0 Å². The monoisotopic (exact) mass is 205 g/mol. The Labute approximate surface area is 89.5 Å². The highest BCUT2D eigenvalue weighted by atomic mass is 16.5. The fourth-order valence-electron chi connectivity index (χ4n) is 1.20. The third-order valence-corrected chi connectivity index (χ3v) is 2.10. The van der Waals surface area contributed by atoms with Gasteiger partial charge in [-0.15, -0.1) is 0 Å². The molecule has 0 atom stereocenters. The van der Waals surface area contributed by atoms with Gasteiger partial charge in [-0.2, -0.15) is 0 Å². The number of carbonyl (C=O) groups excluding carboxylic acids is 1. The van der Waals surface area contributed by atoms with Crippen molar-refractivity contribution < 1.29 is 9.53 Å². The second-order valence-corrected chi connectivity index (χ2v) is 3.15. The zero-order valence-corrected chi connectivity index (χ0v) is 8.99. The minimum Gasteiger partial charge on any atom is -0.463 e. The van der Waals surface area contributed by atoms with Crippen molar-refractivity contribution in [2.24, 2.45) is 0 Å². The van der Waals surface area contributed by atoms with Crippen LogP contribution in [0.3, 0.4) is 0 Å². The Hall–Kier alpha value is -1.77. The molecule has 0 aliphatic heterocycles. The number of esters is 1. The van der Waals surface area contributed by atoms with E-state index in [0.29, 0.717) is 6.61 Å². The number of carbonyl (C=O) groups is 1. The first-order valence-corrected chi connectivity index (χ1v) is 4.85. The van der Waals surface area contributed by atoms with Crippen molar-refractivity contribution in [3.05, 3.63) is 35.4 Å². The van der Waals surface area contributed by atoms with Crippen molar-refractivity contribution in [2.45, 2.75) is 13.8 Å². The number of anilines is 1. The van der Waals surface area contributed by atoms with Crippen LogP contribution in [0.2, 0.25) is 0 Å². The minimum absolute atomic E-state index is 0.334. The summed E-state index contributed by atoms with van der Waals surface area (Å²) in [4.78, 5) is 11.1. The number of hydrogen-bond donors (Lipinski definition) is 1. The van der Waals surface area contributed by atoms with Gasteiger partial charge in [0.25, 0.3) is 0 Å². The van der Waals surface area contributed by atoms with E-state index in [1.165, 1.54) is 6.08 Å². The minimum atomic E-state index is -0.334. The Balaban J connectivity index is 2.81. The zero-order chi connectivity index (χ0) is 11.3. The van der Waals surface area contributed by atoms with Crippen LogP contribution in [0.25, 0.3) is 6.08 Å². The summed E-state index contributed by atoms with van der Waals surface area (Å²) < 4.78 is 4.78. The summed E-state index contributed by atoms with van der Waals surface area (Å²) in [6.45, 7) is 4.08. The molecule has 0 bridgehead atoms. The molecule has 3 heteroatoms. The fourth-order valence-corrected chi connectivity index (χ4v) is 1.20. The van der Waals surface area contributed by atoms with Crippen molar-refractivity contribution >= 4 is 17.7 Å². The zero-order valence-electron chi connectivity index (χ0n) is 8.99. The van der Waals surface area contributed by atoms with Crippen molar-refractivity contribution in [3.8, 4) is 0 Å². The molecule has 0 heterocycles. The molecular weight excluding hydrogens is 190 g/mol. The number of nitrogens with two attached hydrogens (primary N) is 1. The van der Waals surface area contributed by atoms with E-state index in [9.17, 15) is 4.79 Å². The molecule has 0 aliphatic carbocycles. The molecule has 80 valence electrons. The number of rotatable bonds is 3. The van der Waals surface area contributed by atoms with Gasteiger partial charge in [0.2, 0.25) is 0 Å². The Morgan fingerprint density at radius 3 is 2.93 bits per heavy atom. The average Bonchev–Trinajstić information content (AvgIpc) is 2.21. The van der Waals surface area contributed by atoms with Gasteiger partial charge in [0.05, 0.1) is 6.61 Å². The van der Waals surface area contributed by atoms with Crippen LogP contribution in [0.15, 0.2) is 24.3 Å². The summed E-state index contributed by atoms with van der Waals surface area (Å²) in [6.07, 6.45) is 3.12. The van der Waals surface area contributed by atoms with E-state index in [1.807, 2.05) is 25.1 Å². The largest absolute Gasteiger partial charge is 0.463 e. The molecule has 0 aliphatic rings. The second kappa shape index (κ2) is 5.20. The van der Waals surface area contributed by atoms with E-state index in [-0.39, 0.29) is 5.97 Å². The molecule has 0 unspecified atom stereocenters. The lowest BCUT2D eigenvalue weighted by molar-refractivity contribution is -0.137. The lowest BCUT2D eigenvalue weighted by atomic mass is 10.1. The molecule has 0 amide bonds. The summed E-state index contributed by atoms with van der Waals surface area (Å²) in [5.74, 6) is -0.334. The Bertz CT molecular complexity index is 383. The van der Waals surface area contributed by atoms with Crippen LogP contribution in [-0.2, 0) is 9.53 Å². The van der Waals surface area contributed by atoms with Crippen LogP contribution in [0.4, 0.5) is 5.69 Å². The normalized spacial score (nSPS) is 10.5. The first kappa shape index (κ1) is 11.3. The highest BCUT2D eigenvalue weighted by Gasteiger charge is 1.99. The highest BCUT2D eigenvalue weighted by molar-refractivity contribution is 5.87. The lowest BCUT2D eigenvalue weighted by Gasteiger charge is -2.03. The van der Waals surface area contributed by atoms with Gasteiger partial charge in [0, 0.05) is 11.8 Å². The van der Waals surface area contributed by atoms with Gasteiger partial charge in [-0.3, -0.25) is 0 Å². The van der Waals surface area contributed by atoms with Crippen molar-refractivity contribution in [1.82, 2.24) is 0 Å². The quantitative estimate of drug-likeness (QED) is 0.467. The maximum absolute atomic E-state index is 11.1. The molecule has 0 spiro atoms. The average molecular weight is 205 g/mol. The van der Waals surface area contributed by atoms with E-state index in [1.54, 1.807) is 13.0 Å². The molecule has 2 N–H and O–H groups in total. The summed E-state index contributed by atoms with van der Waals surface area (Å²) in [5, 5.41) is 0. The van der Waals surface area contributed by atoms with Crippen LogP contribution in [0.1, 0.15) is 18.1 Å². The first-order valence-electron chi connectivity index (χ1n) is 4.85. The number of benzene rings is 1. The second-order valence-electron chi connectivity index (χ2n) is 3.15. The lowest BCUT2D eigenvalue weighted by Crippen LogP contribution is -1.99. The summed E-state index contributed by atoms with van der Waals surface area (Å²) in [5.41, 5.74) is 8.36. The third kappa shape index (κ3) is 3.13. The molecule has 1 aromatic rings. The SMILES string of the molecule is CCOC(=O)C=Cc1cccc(N)c1C. The van der Waals surface area contributed by atoms with Crippen LogP contribution < -0.4 is 5.73 Å². The molecular formula is C12H15NO2. The van der Waals surface area contributed by atoms with Crippen molar-refractivity contribution in [1.29, 1.82) is 0 Å². The van der Waals surface area contributed by atoms with Gasteiger partial charge in [0.15, 0.2) is 0 Å². The summed E-state index contributed by atoms with van der Waals surface area (Å²) in [6, 6.07) is 5.59. The summed E-state index contributed by atoms with van der Waals surface area (Å²) >= 11 is 0. The Morgan fingerprint density at radius 2 is 2.27 bits per heavy atom. The first-order chi connectivity index (χ1) is 7.15.